The van der Waals surface area contributed by atoms with Crippen LogP contribution in [0.4, 0.5) is 0 Å². The van der Waals surface area contributed by atoms with Gasteiger partial charge in [-0.05, 0) is 31.0 Å². The van der Waals surface area contributed by atoms with Crippen LogP contribution in [0.1, 0.15) is 30.9 Å². The summed E-state index contributed by atoms with van der Waals surface area (Å²) in [6.07, 6.45) is 4.23. The average Bonchev–Trinajstić information content (AvgIpc) is 2.89. The number of hydrogen-bond acceptors (Lipinski definition) is 3. The molecule has 0 saturated carbocycles. The number of hydrogen-bond donors (Lipinski definition) is 1. The molecule has 0 atom stereocenters. The van der Waals surface area contributed by atoms with Gasteiger partial charge in [0.25, 0.3) is 0 Å². The molecule has 0 radical (unpaired) electrons. The Kier molecular flexibility index (Phi) is 4.20. The summed E-state index contributed by atoms with van der Waals surface area (Å²) < 4.78 is 7.19. The molecule has 0 fully saturated rings. The number of rotatable bonds is 6. The van der Waals surface area contributed by atoms with Crippen LogP contribution in [-0.2, 0) is 13.1 Å². The number of nitrogens with zero attached hydrogens (tertiary/aromatic N) is 2. The van der Waals surface area contributed by atoms with Crippen molar-refractivity contribution in [3.63, 3.8) is 0 Å². The van der Waals surface area contributed by atoms with Gasteiger partial charge in [-0.3, -0.25) is 0 Å². The Morgan fingerprint density at radius 3 is 2.94 bits per heavy atom. The van der Waals surface area contributed by atoms with Crippen LogP contribution in [0.5, 0.6) is 0 Å². The minimum Gasteiger partial charge on any atom is -0.361 e. The molecular formula is C14H21N3O. The molecule has 0 unspecified atom stereocenters. The molecule has 2 rings (SSSR count). The van der Waals surface area contributed by atoms with Crippen molar-refractivity contribution in [1.29, 1.82) is 0 Å². The lowest BCUT2D eigenvalue weighted by Gasteiger charge is -2.05. The molecule has 0 amide bonds. The van der Waals surface area contributed by atoms with Crippen LogP contribution in [0, 0.1) is 12.8 Å². The molecule has 98 valence electrons. The molecule has 4 heteroatoms. The molecule has 1 N–H and O–H groups in total. The molecule has 0 bridgehead atoms. The zero-order valence-electron chi connectivity index (χ0n) is 11.3. The van der Waals surface area contributed by atoms with Gasteiger partial charge in [-0.1, -0.05) is 19.0 Å². The predicted octanol–water partition coefficient (Wildman–Crippen LogP) is 2.58. The van der Waals surface area contributed by atoms with E-state index in [1.54, 1.807) is 0 Å². The number of aromatic nitrogens is 2. The van der Waals surface area contributed by atoms with Crippen LogP contribution in [0.15, 0.2) is 29.0 Å². The van der Waals surface area contributed by atoms with Gasteiger partial charge in [0, 0.05) is 25.0 Å². The predicted molar refractivity (Wildman–Crippen MR) is 71.3 cm³/mol. The Hall–Kier alpha value is -1.55. The van der Waals surface area contributed by atoms with E-state index in [1.807, 2.05) is 13.0 Å². The van der Waals surface area contributed by atoms with Crippen molar-refractivity contribution >= 4 is 0 Å². The second kappa shape index (κ2) is 5.87. The van der Waals surface area contributed by atoms with Gasteiger partial charge in [0.2, 0.25) is 0 Å². The molecule has 18 heavy (non-hydrogen) atoms. The SMILES string of the molecule is Cc1cc(Cn2ccc(CNCC(C)C)c2)no1. The summed E-state index contributed by atoms with van der Waals surface area (Å²) in [4.78, 5) is 0. The summed E-state index contributed by atoms with van der Waals surface area (Å²) in [5.74, 6) is 1.54. The summed E-state index contributed by atoms with van der Waals surface area (Å²) in [5.41, 5.74) is 2.26. The quantitative estimate of drug-likeness (QED) is 0.853. The maximum absolute atomic E-state index is 5.06. The highest BCUT2D eigenvalue weighted by Crippen LogP contribution is 2.07. The van der Waals surface area contributed by atoms with E-state index < -0.39 is 0 Å². The van der Waals surface area contributed by atoms with E-state index in [9.17, 15) is 0 Å². The standard InChI is InChI=1S/C14H21N3O/c1-11(2)7-15-8-13-4-5-17(9-13)10-14-6-12(3)18-16-14/h4-6,9,11,15H,7-8,10H2,1-3H3. The molecule has 0 aromatic carbocycles. The summed E-state index contributed by atoms with van der Waals surface area (Å²) in [7, 11) is 0. The molecule has 4 nitrogen and oxygen atoms in total. The van der Waals surface area contributed by atoms with Crippen molar-refractivity contribution in [3.05, 3.63) is 41.5 Å². The molecule has 0 aliphatic rings. The molecule has 0 aliphatic heterocycles. The van der Waals surface area contributed by atoms with E-state index in [0.717, 1.165) is 31.1 Å². The van der Waals surface area contributed by atoms with Crippen molar-refractivity contribution in [3.8, 4) is 0 Å². The van der Waals surface area contributed by atoms with Gasteiger partial charge in [0.15, 0.2) is 0 Å². The summed E-state index contributed by atoms with van der Waals surface area (Å²) in [6, 6.07) is 4.11. The van der Waals surface area contributed by atoms with Crippen LogP contribution in [0.3, 0.4) is 0 Å². The van der Waals surface area contributed by atoms with Crippen molar-refractivity contribution in [2.45, 2.75) is 33.9 Å². The highest BCUT2D eigenvalue weighted by Gasteiger charge is 2.02. The number of nitrogens with one attached hydrogen (secondary N) is 1. The van der Waals surface area contributed by atoms with Gasteiger partial charge in [-0.15, -0.1) is 0 Å². The zero-order valence-corrected chi connectivity index (χ0v) is 11.3. The minimum absolute atomic E-state index is 0.685. The average molecular weight is 247 g/mol. The zero-order chi connectivity index (χ0) is 13.0. The highest BCUT2D eigenvalue weighted by molar-refractivity contribution is 5.12. The third-order valence-corrected chi connectivity index (χ3v) is 2.71. The molecule has 0 saturated heterocycles. The molecule has 2 aromatic heterocycles. The Labute approximate surface area is 108 Å². The highest BCUT2D eigenvalue weighted by atomic mass is 16.5. The first kappa shape index (κ1) is 12.9. The van der Waals surface area contributed by atoms with Crippen LogP contribution in [0.25, 0.3) is 0 Å². The second-order valence-corrected chi connectivity index (χ2v) is 5.15. The van der Waals surface area contributed by atoms with Crippen molar-refractivity contribution < 1.29 is 4.52 Å². The normalized spacial score (nSPS) is 11.3. The van der Waals surface area contributed by atoms with Crippen molar-refractivity contribution in [2.24, 2.45) is 5.92 Å². The van der Waals surface area contributed by atoms with E-state index >= 15 is 0 Å². The smallest absolute Gasteiger partial charge is 0.133 e. The van der Waals surface area contributed by atoms with E-state index in [4.69, 9.17) is 4.52 Å². The van der Waals surface area contributed by atoms with Crippen LogP contribution < -0.4 is 5.32 Å². The maximum atomic E-state index is 5.06. The van der Waals surface area contributed by atoms with Crippen LogP contribution >= 0.6 is 0 Å². The third kappa shape index (κ3) is 3.74. The van der Waals surface area contributed by atoms with Gasteiger partial charge in [-0.25, -0.2) is 0 Å². The molecular weight excluding hydrogens is 226 g/mol. The Morgan fingerprint density at radius 1 is 1.44 bits per heavy atom. The fourth-order valence-electron chi connectivity index (χ4n) is 1.88. The van der Waals surface area contributed by atoms with E-state index in [1.165, 1.54) is 5.56 Å². The van der Waals surface area contributed by atoms with E-state index in [0.29, 0.717) is 5.92 Å². The molecule has 0 spiro atoms. The second-order valence-electron chi connectivity index (χ2n) is 5.15. The van der Waals surface area contributed by atoms with E-state index in [-0.39, 0.29) is 0 Å². The first-order valence-corrected chi connectivity index (χ1v) is 6.41. The van der Waals surface area contributed by atoms with Crippen molar-refractivity contribution in [1.82, 2.24) is 15.0 Å². The summed E-state index contributed by atoms with van der Waals surface area (Å²) >= 11 is 0. The topological polar surface area (TPSA) is 43.0 Å². The first-order valence-electron chi connectivity index (χ1n) is 6.41. The Balaban J connectivity index is 1.86. The monoisotopic (exact) mass is 247 g/mol. The van der Waals surface area contributed by atoms with Crippen molar-refractivity contribution in [2.75, 3.05) is 6.54 Å². The molecule has 0 aliphatic carbocycles. The van der Waals surface area contributed by atoms with Crippen LogP contribution in [-0.4, -0.2) is 16.3 Å². The molecule has 2 heterocycles. The lowest BCUT2D eigenvalue weighted by Crippen LogP contribution is -2.18. The van der Waals surface area contributed by atoms with Gasteiger partial charge < -0.3 is 14.4 Å². The lowest BCUT2D eigenvalue weighted by atomic mass is 10.2. The fourth-order valence-corrected chi connectivity index (χ4v) is 1.88. The Bertz CT molecular complexity index is 485. The third-order valence-electron chi connectivity index (χ3n) is 2.71. The number of aryl methyl sites for hydroxylation is 1. The maximum Gasteiger partial charge on any atom is 0.133 e. The Morgan fingerprint density at radius 2 is 2.28 bits per heavy atom. The molecule has 2 aromatic rings. The summed E-state index contributed by atoms with van der Waals surface area (Å²) in [6.45, 7) is 9.07. The summed E-state index contributed by atoms with van der Waals surface area (Å²) in [5, 5.41) is 7.43. The minimum atomic E-state index is 0.685. The first-order chi connectivity index (χ1) is 8.63. The lowest BCUT2D eigenvalue weighted by molar-refractivity contribution is 0.389. The largest absolute Gasteiger partial charge is 0.361 e. The van der Waals surface area contributed by atoms with Gasteiger partial charge >= 0.3 is 0 Å². The van der Waals surface area contributed by atoms with Gasteiger partial charge in [-0.2, -0.15) is 0 Å². The fraction of sp³-hybridized carbons (Fsp3) is 0.500. The van der Waals surface area contributed by atoms with Crippen LogP contribution in [0.2, 0.25) is 0 Å². The van der Waals surface area contributed by atoms with E-state index in [2.05, 4.69) is 47.3 Å². The van der Waals surface area contributed by atoms with Gasteiger partial charge in [0.05, 0.1) is 6.54 Å². The van der Waals surface area contributed by atoms with Gasteiger partial charge in [0.1, 0.15) is 11.5 Å².